The highest BCUT2D eigenvalue weighted by atomic mass is 35.5. The average Bonchev–Trinajstić information content (AvgIpc) is 2.66. The number of ether oxygens (including phenoxy) is 2. The summed E-state index contributed by atoms with van der Waals surface area (Å²) in [6.45, 7) is 1.69. The van der Waals surface area contributed by atoms with Gasteiger partial charge in [-0.15, -0.1) is 13.2 Å². The van der Waals surface area contributed by atoms with Crippen LogP contribution in [0.1, 0.15) is 11.1 Å². The van der Waals surface area contributed by atoms with Gasteiger partial charge in [0.1, 0.15) is 17.5 Å². The smallest absolute Gasteiger partial charge is 0.480 e. The summed E-state index contributed by atoms with van der Waals surface area (Å²) in [6.07, 6.45) is -3.12. The fourth-order valence-electron chi connectivity index (χ4n) is 3.16. The standard InChI is InChI=1S/C21H14Cl2F4O4/c1-11-4-2-3-5-14(11)20(10-16(24)13(19(28)29)9-18(20)23)30-12-6-7-15(22)17(8-12)31-21(25,26)27/h2-10,13H,1H3,(H,28,29). The first-order chi connectivity index (χ1) is 14.4. The van der Waals surface area contributed by atoms with Crippen molar-refractivity contribution in [1.82, 2.24) is 0 Å². The maximum absolute atomic E-state index is 14.8. The van der Waals surface area contributed by atoms with Crippen LogP contribution in [0.3, 0.4) is 0 Å². The number of hydrogen-bond donors (Lipinski definition) is 1. The molecule has 4 nitrogen and oxygen atoms in total. The minimum atomic E-state index is -5.00. The summed E-state index contributed by atoms with van der Waals surface area (Å²) in [5, 5.41) is 8.72. The Labute approximate surface area is 184 Å². The number of carboxylic acid groups (broad SMARTS) is 1. The van der Waals surface area contributed by atoms with Gasteiger partial charge in [0.25, 0.3) is 0 Å². The SMILES string of the molecule is Cc1ccccc1C1(Oc2ccc(Cl)c(OC(F)(F)F)c2)C=C(F)C(C(=O)O)C=C1Cl. The Morgan fingerprint density at radius 3 is 2.45 bits per heavy atom. The normalized spacial score (nSPS) is 21.2. The summed E-state index contributed by atoms with van der Waals surface area (Å²) in [5.74, 6) is -5.02. The van der Waals surface area contributed by atoms with E-state index in [2.05, 4.69) is 4.74 Å². The second kappa shape index (κ2) is 8.43. The van der Waals surface area contributed by atoms with Crippen molar-refractivity contribution in [3.8, 4) is 11.5 Å². The monoisotopic (exact) mass is 476 g/mol. The predicted molar refractivity (Wildman–Crippen MR) is 106 cm³/mol. The quantitative estimate of drug-likeness (QED) is 0.499. The van der Waals surface area contributed by atoms with Crippen LogP contribution in [0.5, 0.6) is 11.5 Å². The van der Waals surface area contributed by atoms with Crippen molar-refractivity contribution in [1.29, 1.82) is 0 Å². The third-order valence-corrected chi connectivity index (χ3v) is 5.24. The van der Waals surface area contributed by atoms with Crippen LogP contribution in [-0.4, -0.2) is 17.4 Å². The van der Waals surface area contributed by atoms with Crippen LogP contribution >= 0.6 is 23.2 Å². The van der Waals surface area contributed by atoms with E-state index in [9.17, 15) is 27.5 Å². The molecule has 2 unspecified atom stereocenters. The van der Waals surface area contributed by atoms with E-state index in [1.807, 2.05) is 0 Å². The molecule has 0 bridgehead atoms. The molecule has 0 heterocycles. The van der Waals surface area contributed by atoms with Gasteiger partial charge in [0.15, 0.2) is 11.4 Å². The van der Waals surface area contributed by atoms with Gasteiger partial charge >= 0.3 is 12.3 Å². The molecule has 2 atom stereocenters. The Balaban J connectivity index is 2.15. The van der Waals surface area contributed by atoms with E-state index in [4.69, 9.17) is 27.9 Å². The molecule has 0 amide bonds. The minimum absolute atomic E-state index is 0.170. The molecular formula is C21H14Cl2F4O4. The third-order valence-electron chi connectivity index (χ3n) is 4.52. The van der Waals surface area contributed by atoms with Crippen molar-refractivity contribution < 1.29 is 36.9 Å². The molecule has 10 heteroatoms. The van der Waals surface area contributed by atoms with E-state index in [-0.39, 0.29) is 15.8 Å². The van der Waals surface area contributed by atoms with E-state index in [1.165, 1.54) is 6.07 Å². The molecule has 0 aromatic heterocycles. The fraction of sp³-hybridized carbons (Fsp3) is 0.190. The Hall–Kier alpha value is -2.71. The molecule has 0 spiro atoms. The Morgan fingerprint density at radius 1 is 1.16 bits per heavy atom. The number of alkyl halides is 3. The van der Waals surface area contributed by atoms with Gasteiger partial charge in [-0.2, -0.15) is 0 Å². The molecule has 0 saturated carbocycles. The van der Waals surface area contributed by atoms with Gasteiger partial charge in [0, 0.05) is 17.7 Å². The highest BCUT2D eigenvalue weighted by molar-refractivity contribution is 6.32. The van der Waals surface area contributed by atoms with Gasteiger partial charge in [-0.1, -0.05) is 47.5 Å². The lowest BCUT2D eigenvalue weighted by Crippen LogP contribution is -2.36. The first kappa shape index (κ1) is 23.0. The van der Waals surface area contributed by atoms with Crippen molar-refractivity contribution in [3.63, 3.8) is 0 Å². The Morgan fingerprint density at radius 2 is 1.84 bits per heavy atom. The zero-order chi connectivity index (χ0) is 23.0. The molecule has 0 fully saturated rings. The number of hydrogen-bond acceptors (Lipinski definition) is 3. The molecule has 3 rings (SSSR count). The van der Waals surface area contributed by atoms with Gasteiger partial charge in [0.2, 0.25) is 0 Å². The average molecular weight is 477 g/mol. The minimum Gasteiger partial charge on any atom is -0.480 e. The molecule has 0 radical (unpaired) electrons. The van der Waals surface area contributed by atoms with Crippen molar-refractivity contribution in [2.24, 2.45) is 5.92 Å². The van der Waals surface area contributed by atoms with Crippen LogP contribution in [0.2, 0.25) is 5.02 Å². The van der Waals surface area contributed by atoms with Crippen molar-refractivity contribution in [3.05, 3.63) is 81.6 Å². The van der Waals surface area contributed by atoms with Crippen LogP contribution < -0.4 is 9.47 Å². The number of aryl methyl sites for hydroxylation is 1. The molecule has 2 aromatic carbocycles. The van der Waals surface area contributed by atoms with Gasteiger partial charge < -0.3 is 14.6 Å². The largest absolute Gasteiger partial charge is 0.573 e. The first-order valence-corrected chi connectivity index (χ1v) is 9.48. The van der Waals surface area contributed by atoms with Crippen LogP contribution in [0.25, 0.3) is 0 Å². The Kier molecular flexibility index (Phi) is 6.25. The second-order valence-corrected chi connectivity index (χ2v) is 7.47. The van der Waals surface area contributed by atoms with E-state index in [0.29, 0.717) is 11.1 Å². The molecule has 1 N–H and O–H groups in total. The maximum atomic E-state index is 14.8. The summed E-state index contributed by atoms with van der Waals surface area (Å²) in [6, 6.07) is 9.88. The van der Waals surface area contributed by atoms with E-state index >= 15 is 0 Å². The van der Waals surface area contributed by atoms with Gasteiger partial charge in [0.05, 0.1) is 10.1 Å². The van der Waals surface area contributed by atoms with Crippen molar-refractivity contribution >= 4 is 29.2 Å². The van der Waals surface area contributed by atoms with Crippen LogP contribution in [-0.2, 0) is 10.4 Å². The zero-order valence-electron chi connectivity index (χ0n) is 15.7. The van der Waals surface area contributed by atoms with Gasteiger partial charge in [-0.25, -0.2) is 4.39 Å². The zero-order valence-corrected chi connectivity index (χ0v) is 17.2. The summed E-state index contributed by atoms with van der Waals surface area (Å²) >= 11 is 12.2. The number of aliphatic carboxylic acids is 1. The fourth-order valence-corrected chi connectivity index (χ4v) is 3.63. The molecule has 164 valence electrons. The number of carboxylic acids is 1. The molecular weight excluding hydrogens is 463 g/mol. The first-order valence-electron chi connectivity index (χ1n) is 8.72. The summed E-state index contributed by atoms with van der Waals surface area (Å²) in [4.78, 5) is 11.3. The van der Waals surface area contributed by atoms with Crippen LogP contribution in [0.4, 0.5) is 17.6 Å². The summed E-state index contributed by atoms with van der Waals surface area (Å²) in [7, 11) is 0. The molecule has 0 aliphatic heterocycles. The second-order valence-electron chi connectivity index (χ2n) is 6.65. The Bertz CT molecular complexity index is 1080. The van der Waals surface area contributed by atoms with Crippen molar-refractivity contribution in [2.75, 3.05) is 0 Å². The van der Waals surface area contributed by atoms with E-state index in [1.54, 1.807) is 31.2 Å². The maximum Gasteiger partial charge on any atom is 0.573 e. The molecule has 0 saturated heterocycles. The van der Waals surface area contributed by atoms with E-state index < -0.39 is 35.4 Å². The van der Waals surface area contributed by atoms with Crippen molar-refractivity contribution in [2.45, 2.75) is 18.9 Å². The highest BCUT2D eigenvalue weighted by Gasteiger charge is 2.44. The third kappa shape index (κ3) is 4.80. The number of halogens is 6. The lowest BCUT2D eigenvalue weighted by Gasteiger charge is -2.36. The number of rotatable bonds is 5. The van der Waals surface area contributed by atoms with Gasteiger partial charge in [-0.05, 0) is 30.7 Å². The summed E-state index contributed by atoms with van der Waals surface area (Å²) < 4.78 is 62.6. The van der Waals surface area contributed by atoms with Gasteiger partial charge in [-0.3, -0.25) is 4.79 Å². The topological polar surface area (TPSA) is 55.8 Å². The molecule has 1 aliphatic rings. The lowest BCUT2D eigenvalue weighted by molar-refractivity contribution is -0.274. The molecule has 2 aromatic rings. The number of benzene rings is 2. The number of carbonyl (C=O) groups is 1. The summed E-state index contributed by atoms with van der Waals surface area (Å²) in [5.41, 5.74) is -0.845. The molecule has 1 aliphatic carbocycles. The highest BCUT2D eigenvalue weighted by Crippen LogP contribution is 2.46. The van der Waals surface area contributed by atoms with E-state index in [0.717, 1.165) is 24.3 Å². The van der Waals surface area contributed by atoms with Crippen LogP contribution in [0.15, 0.2) is 65.5 Å². The lowest BCUT2D eigenvalue weighted by atomic mass is 9.83. The molecule has 31 heavy (non-hydrogen) atoms. The van der Waals surface area contributed by atoms with Crippen LogP contribution in [0, 0.1) is 12.8 Å². The predicted octanol–water partition coefficient (Wildman–Crippen LogP) is 6.51.